The van der Waals surface area contributed by atoms with Gasteiger partial charge in [0, 0.05) is 11.8 Å². The number of hydrogen-bond acceptors (Lipinski definition) is 4. The van der Waals surface area contributed by atoms with Crippen molar-refractivity contribution in [2.45, 2.75) is 6.61 Å². The number of nitrogens with two attached hydrogens (primary N) is 1. The molecule has 6 heteroatoms. The molecule has 0 unspecified atom stereocenters. The van der Waals surface area contributed by atoms with E-state index in [9.17, 15) is 4.39 Å². The minimum atomic E-state index is -0.490. The van der Waals surface area contributed by atoms with Crippen molar-refractivity contribution in [1.82, 2.24) is 4.98 Å². The number of nitrogen functional groups attached to an aromatic ring is 1. The Balaban J connectivity index is 2.06. The zero-order chi connectivity index (χ0) is 13.0. The Kier molecular flexibility index (Phi) is 3.96. The van der Waals surface area contributed by atoms with Gasteiger partial charge in [0.15, 0.2) is 11.6 Å². The van der Waals surface area contributed by atoms with Crippen LogP contribution in [0.5, 0.6) is 5.75 Å². The minimum absolute atomic E-state index is 0.0418. The average Bonchev–Trinajstić information content (AvgIpc) is 2.39. The van der Waals surface area contributed by atoms with Crippen LogP contribution in [0, 0.1) is 5.82 Å². The van der Waals surface area contributed by atoms with E-state index in [1.165, 1.54) is 12.1 Å². The van der Waals surface area contributed by atoms with Gasteiger partial charge in [-0.2, -0.15) is 0 Å². The summed E-state index contributed by atoms with van der Waals surface area (Å²) in [6, 6.07) is 7.85. The minimum Gasteiger partial charge on any atom is -0.484 e. The van der Waals surface area contributed by atoms with Crippen LogP contribution >= 0.6 is 11.6 Å². The Morgan fingerprint density at radius 1 is 1.33 bits per heavy atom. The largest absolute Gasteiger partial charge is 0.484 e. The second kappa shape index (κ2) is 5.66. The Bertz CT molecular complexity index is 513. The van der Waals surface area contributed by atoms with Crippen molar-refractivity contribution in [1.29, 1.82) is 0 Å². The molecule has 3 N–H and O–H groups in total. The van der Waals surface area contributed by atoms with E-state index in [1.54, 1.807) is 24.4 Å². The summed E-state index contributed by atoms with van der Waals surface area (Å²) in [5.41, 5.74) is 3.20. The fraction of sp³-hybridized carbons (Fsp3) is 0.0833. The molecular formula is C12H11ClFN3O. The Morgan fingerprint density at radius 2 is 2.17 bits per heavy atom. The number of benzene rings is 1. The molecular weight excluding hydrogens is 257 g/mol. The summed E-state index contributed by atoms with van der Waals surface area (Å²) < 4.78 is 18.7. The first-order valence-corrected chi connectivity index (χ1v) is 5.57. The fourth-order valence-corrected chi connectivity index (χ4v) is 1.59. The molecule has 0 saturated carbocycles. The summed E-state index contributed by atoms with van der Waals surface area (Å²) in [6.45, 7) is 0.179. The number of aromatic nitrogens is 1. The Morgan fingerprint density at radius 3 is 2.78 bits per heavy atom. The lowest BCUT2D eigenvalue weighted by molar-refractivity contribution is 0.290. The molecule has 4 nitrogen and oxygen atoms in total. The molecule has 1 heterocycles. The molecule has 0 amide bonds. The van der Waals surface area contributed by atoms with Crippen molar-refractivity contribution in [3.63, 3.8) is 0 Å². The number of halogens is 2. The molecule has 18 heavy (non-hydrogen) atoms. The van der Waals surface area contributed by atoms with Crippen molar-refractivity contribution >= 4 is 17.4 Å². The van der Waals surface area contributed by atoms with Crippen LogP contribution in [0.4, 0.5) is 10.2 Å². The van der Waals surface area contributed by atoms with Crippen LogP contribution in [0.2, 0.25) is 5.02 Å². The van der Waals surface area contributed by atoms with Crippen LogP contribution in [-0.2, 0) is 6.61 Å². The van der Waals surface area contributed by atoms with Crippen LogP contribution in [-0.4, -0.2) is 4.98 Å². The monoisotopic (exact) mass is 267 g/mol. The average molecular weight is 268 g/mol. The summed E-state index contributed by atoms with van der Waals surface area (Å²) >= 11 is 5.84. The van der Waals surface area contributed by atoms with Crippen LogP contribution < -0.4 is 16.0 Å². The highest BCUT2D eigenvalue weighted by Crippen LogP contribution is 2.27. The third-order valence-electron chi connectivity index (χ3n) is 2.27. The normalized spacial score (nSPS) is 10.2. The van der Waals surface area contributed by atoms with Crippen LogP contribution in [0.15, 0.2) is 36.5 Å². The first kappa shape index (κ1) is 12.6. The van der Waals surface area contributed by atoms with E-state index >= 15 is 0 Å². The first-order valence-electron chi connectivity index (χ1n) is 5.19. The predicted octanol–water partition coefficient (Wildman–Crippen LogP) is 2.74. The van der Waals surface area contributed by atoms with Gasteiger partial charge in [-0.25, -0.2) is 15.2 Å². The lowest BCUT2D eigenvalue weighted by Gasteiger charge is -2.09. The second-order valence-electron chi connectivity index (χ2n) is 3.54. The van der Waals surface area contributed by atoms with Gasteiger partial charge in [0.25, 0.3) is 0 Å². The van der Waals surface area contributed by atoms with Gasteiger partial charge in [-0.3, -0.25) is 0 Å². The molecule has 2 rings (SSSR count). The van der Waals surface area contributed by atoms with Crippen molar-refractivity contribution in [3.05, 3.63) is 52.9 Å². The van der Waals surface area contributed by atoms with E-state index < -0.39 is 5.82 Å². The van der Waals surface area contributed by atoms with Crippen molar-refractivity contribution in [2.24, 2.45) is 5.84 Å². The molecule has 94 valence electrons. The molecule has 0 spiro atoms. The molecule has 0 bridgehead atoms. The van der Waals surface area contributed by atoms with E-state index in [1.807, 2.05) is 0 Å². The van der Waals surface area contributed by atoms with Gasteiger partial charge < -0.3 is 10.2 Å². The molecule has 0 saturated heterocycles. The van der Waals surface area contributed by atoms with E-state index in [4.69, 9.17) is 22.2 Å². The third-order valence-corrected chi connectivity index (χ3v) is 2.57. The van der Waals surface area contributed by atoms with Crippen molar-refractivity contribution in [3.8, 4) is 5.75 Å². The highest BCUT2D eigenvalue weighted by molar-refractivity contribution is 6.32. The molecule has 1 aromatic carbocycles. The molecule has 0 fully saturated rings. The first-order chi connectivity index (χ1) is 8.70. The molecule has 0 atom stereocenters. The van der Waals surface area contributed by atoms with Crippen molar-refractivity contribution in [2.75, 3.05) is 5.43 Å². The van der Waals surface area contributed by atoms with Gasteiger partial charge in [-0.05, 0) is 18.2 Å². The Hall–Kier alpha value is -1.85. The van der Waals surface area contributed by atoms with E-state index in [0.717, 1.165) is 5.56 Å². The molecule has 0 aliphatic heterocycles. The lowest BCUT2D eigenvalue weighted by Crippen LogP contribution is -2.08. The van der Waals surface area contributed by atoms with Gasteiger partial charge in [-0.1, -0.05) is 23.7 Å². The molecule has 0 aliphatic rings. The summed E-state index contributed by atoms with van der Waals surface area (Å²) in [7, 11) is 0. The van der Waals surface area contributed by atoms with E-state index in [0.29, 0.717) is 5.82 Å². The molecule has 0 radical (unpaired) electrons. The quantitative estimate of drug-likeness (QED) is 0.661. The summed E-state index contributed by atoms with van der Waals surface area (Å²) in [5, 5.41) is 0.239. The zero-order valence-electron chi connectivity index (χ0n) is 9.36. The third kappa shape index (κ3) is 2.88. The maximum atomic E-state index is 13.4. The lowest BCUT2D eigenvalue weighted by atomic mass is 10.3. The van der Waals surface area contributed by atoms with Crippen LogP contribution in [0.1, 0.15) is 5.56 Å². The van der Waals surface area contributed by atoms with Gasteiger partial charge in [0.2, 0.25) is 0 Å². The number of rotatable bonds is 4. The number of nitrogens with one attached hydrogen (secondary N) is 1. The van der Waals surface area contributed by atoms with Crippen LogP contribution in [0.3, 0.4) is 0 Å². The summed E-state index contributed by atoms with van der Waals surface area (Å²) in [5.74, 6) is 5.29. The molecule has 1 aromatic heterocycles. The maximum absolute atomic E-state index is 13.4. The number of pyridine rings is 1. The second-order valence-corrected chi connectivity index (χ2v) is 3.94. The fourth-order valence-electron chi connectivity index (χ4n) is 1.37. The highest BCUT2D eigenvalue weighted by Gasteiger charge is 2.08. The van der Waals surface area contributed by atoms with Crippen molar-refractivity contribution < 1.29 is 9.13 Å². The molecule has 2 aromatic rings. The van der Waals surface area contributed by atoms with E-state index in [-0.39, 0.29) is 17.4 Å². The van der Waals surface area contributed by atoms with Gasteiger partial charge in [0.05, 0.1) is 5.02 Å². The van der Waals surface area contributed by atoms with Gasteiger partial charge in [0.1, 0.15) is 12.4 Å². The standard InChI is InChI=1S/C12H11ClFN3O/c13-9-2-1-3-10(14)12(9)18-7-8-4-5-11(17-15)16-6-8/h1-6H,7,15H2,(H,16,17). The van der Waals surface area contributed by atoms with Crippen LogP contribution in [0.25, 0.3) is 0 Å². The zero-order valence-corrected chi connectivity index (χ0v) is 10.1. The number of hydrazine groups is 1. The summed E-state index contributed by atoms with van der Waals surface area (Å²) in [4.78, 5) is 4.01. The smallest absolute Gasteiger partial charge is 0.174 e. The highest BCUT2D eigenvalue weighted by atomic mass is 35.5. The SMILES string of the molecule is NNc1ccc(COc2c(F)cccc2Cl)cn1. The summed E-state index contributed by atoms with van der Waals surface area (Å²) in [6.07, 6.45) is 1.59. The number of ether oxygens (including phenoxy) is 1. The van der Waals surface area contributed by atoms with Gasteiger partial charge in [-0.15, -0.1) is 0 Å². The van der Waals surface area contributed by atoms with E-state index in [2.05, 4.69) is 10.4 Å². The number of hydrogen-bond donors (Lipinski definition) is 2. The topological polar surface area (TPSA) is 60.2 Å². The Labute approximate surface area is 109 Å². The van der Waals surface area contributed by atoms with Gasteiger partial charge >= 0.3 is 0 Å². The molecule has 0 aliphatic carbocycles. The number of para-hydroxylation sites is 1. The maximum Gasteiger partial charge on any atom is 0.174 e. The number of nitrogens with zero attached hydrogens (tertiary/aromatic N) is 1. The predicted molar refractivity (Wildman–Crippen MR) is 67.8 cm³/mol. The number of anilines is 1.